The van der Waals surface area contributed by atoms with Crippen LogP contribution in [-0.4, -0.2) is 46.0 Å². The number of para-hydroxylation sites is 1. The smallest absolute Gasteiger partial charge is 0.404 e. The van der Waals surface area contributed by atoms with Crippen molar-refractivity contribution < 1.29 is 18.9 Å². The third-order valence-electron chi connectivity index (χ3n) is 10.9. The molecule has 3 saturated carbocycles. The normalized spacial score (nSPS) is 27.4. The molecule has 6 atom stereocenters. The molecule has 1 aromatic carbocycles. The number of Topliss-reactive ketones (excluding diaryl/α,β-unsaturated/α-hetero) is 1. The Kier molecular flexibility index (Phi) is 8.00. The van der Waals surface area contributed by atoms with Crippen molar-refractivity contribution in [3.05, 3.63) is 42.7 Å². The number of carbonyl (C=O) groups excluding carboxylic acids is 2. The van der Waals surface area contributed by atoms with E-state index in [2.05, 4.69) is 64.8 Å². The van der Waals surface area contributed by atoms with Crippen LogP contribution in [0.15, 0.2) is 42.7 Å². The van der Waals surface area contributed by atoms with E-state index in [1.165, 1.54) is 6.42 Å². The van der Waals surface area contributed by atoms with Gasteiger partial charge in [-0.25, -0.2) is 0 Å². The average molecular weight is 586 g/mol. The summed E-state index contributed by atoms with van der Waals surface area (Å²) in [5.74, 6) is 1.05. The molecule has 0 radical (unpaired) electrons. The van der Waals surface area contributed by atoms with Gasteiger partial charge in [-0.3, -0.25) is 14.6 Å². The van der Waals surface area contributed by atoms with Gasteiger partial charge in [-0.2, -0.15) is 0 Å². The summed E-state index contributed by atoms with van der Waals surface area (Å²) in [6, 6.07) is 10.1. The van der Waals surface area contributed by atoms with E-state index in [4.69, 9.17) is 9.31 Å². The van der Waals surface area contributed by atoms with Crippen LogP contribution in [0.5, 0.6) is 0 Å². The predicted octanol–water partition coefficient (Wildman–Crippen LogP) is 6.61. The van der Waals surface area contributed by atoms with E-state index in [-0.39, 0.29) is 53.6 Å². The van der Waals surface area contributed by atoms with Crippen LogP contribution < -0.4 is 5.32 Å². The zero-order valence-corrected chi connectivity index (χ0v) is 26.9. The molecule has 2 aromatic heterocycles. The number of ketones is 1. The van der Waals surface area contributed by atoms with Crippen LogP contribution in [0.25, 0.3) is 21.8 Å². The lowest BCUT2D eigenvalue weighted by Crippen LogP contribution is -2.65. The molecule has 8 heteroatoms. The SMILES string of the molecule is CC(C)C[C@H](CC(=O)Cn1c2ccccc2c2ccncc21)C(=O)N[C@@H](CC(C)C)B1O[C@@H]2C[C@@H]3C[C@@H](C3(C)C)[C@]2(C)O1. The van der Waals surface area contributed by atoms with Gasteiger partial charge < -0.3 is 19.2 Å². The molecule has 0 unspecified atom stereocenters. The second-order valence-corrected chi connectivity index (χ2v) is 15.1. The Morgan fingerprint density at radius 1 is 1.02 bits per heavy atom. The molecule has 1 aliphatic heterocycles. The van der Waals surface area contributed by atoms with Crippen molar-refractivity contribution in [2.24, 2.45) is 35.0 Å². The van der Waals surface area contributed by atoms with Crippen molar-refractivity contribution in [2.75, 3.05) is 0 Å². The first-order valence-corrected chi connectivity index (χ1v) is 16.3. The van der Waals surface area contributed by atoms with Crippen molar-refractivity contribution in [3.63, 3.8) is 0 Å². The summed E-state index contributed by atoms with van der Waals surface area (Å²) in [4.78, 5) is 32.0. The van der Waals surface area contributed by atoms with Gasteiger partial charge in [-0.1, -0.05) is 59.7 Å². The Bertz CT molecular complexity index is 1460. The second kappa shape index (κ2) is 11.3. The number of aromatic nitrogens is 2. The molecule has 7 rings (SSSR count). The molecule has 3 heterocycles. The van der Waals surface area contributed by atoms with Crippen LogP contribution in [0.1, 0.15) is 80.6 Å². The molecule has 4 aliphatic rings. The summed E-state index contributed by atoms with van der Waals surface area (Å²) in [5.41, 5.74) is 1.88. The second-order valence-electron chi connectivity index (χ2n) is 15.1. The van der Waals surface area contributed by atoms with E-state index in [9.17, 15) is 9.59 Å². The van der Waals surface area contributed by atoms with Crippen LogP contribution in [0.2, 0.25) is 0 Å². The molecule has 2 bridgehead atoms. The first-order chi connectivity index (χ1) is 20.4. The lowest BCUT2D eigenvalue weighted by molar-refractivity contribution is -0.199. The van der Waals surface area contributed by atoms with Crippen LogP contribution in [0.4, 0.5) is 0 Å². The van der Waals surface area contributed by atoms with Gasteiger partial charge in [0.05, 0.1) is 35.9 Å². The standard InChI is InChI=1S/C35H48BN3O4/c1-21(2)14-23(16-25(40)20-39-28-11-9-8-10-26(28)27-12-13-37-19-29(27)39)33(41)38-32(15-22(3)4)36-42-31-18-24-17-30(34(24,5)6)35(31,7)43-36/h8-13,19,21-24,30-32H,14-18,20H2,1-7H3,(H,38,41)/t23-,24+,30+,31-,32+,35+/m1/s1. The van der Waals surface area contributed by atoms with Crippen molar-refractivity contribution in [1.82, 2.24) is 14.9 Å². The molecule has 7 nitrogen and oxygen atoms in total. The van der Waals surface area contributed by atoms with Gasteiger partial charge in [-0.05, 0) is 73.8 Å². The number of nitrogens with one attached hydrogen (secondary N) is 1. The molecule has 1 amide bonds. The number of amides is 1. The van der Waals surface area contributed by atoms with E-state index in [1.807, 2.05) is 35.0 Å². The largest absolute Gasteiger partial charge is 0.481 e. The van der Waals surface area contributed by atoms with Gasteiger partial charge >= 0.3 is 7.12 Å². The fourth-order valence-electron chi connectivity index (χ4n) is 8.55. The van der Waals surface area contributed by atoms with Crippen molar-refractivity contribution in [1.29, 1.82) is 0 Å². The fourth-order valence-corrected chi connectivity index (χ4v) is 8.55. The minimum atomic E-state index is -0.475. The Hall–Kier alpha value is -2.71. The van der Waals surface area contributed by atoms with Crippen molar-refractivity contribution in [3.8, 4) is 0 Å². The first kappa shape index (κ1) is 30.3. The molecular formula is C35H48BN3O4. The third-order valence-corrected chi connectivity index (χ3v) is 10.9. The maximum atomic E-state index is 14.0. The van der Waals surface area contributed by atoms with E-state index >= 15 is 0 Å². The van der Waals surface area contributed by atoms with Crippen LogP contribution in [-0.2, 0) is 25.4 Å². The summed E-state index contributed by atoms with van der Waals surface area (Å²) in [7, 11) is -0.475. The molecular weight excluding hydrogens is 537 g/mol. The topological polar surface area (TPSA) is 82.5 Å². The summed E-state index contributed by atoms with van der Waals surface area (Å²) in [6.07, 6.45) is 7.47. The van der Waals surface area contributed by atoms with E-state index in [1.54, 1.807) is 6.20 Å². The van der Waals surface area contributed by atoms with Crippen LogP contribution >= 0.6 is 0 Å². The number of pyridine rings is 1. The lowest BCUT2D eigenvalue weighted by atomic mass is 9.43. The van der Waals surface area contributed by atoms with Crippen molar-refractivity contribution in [2.45, 2.75) is 105 Å². The maximum Gasteiger partial charge on any atom is 0.481 e. The number of hydrogen-bond acceptors (Lipinski definition) is 5. The maximum absolute atomic E-state index is 14.0. The Morgan fingerprint density at radius 2 is 1.74 bits per heavy atom. The Balaban J connectivity index is 1.18. The number of rotatable bonds is 11. The van der Waals surface area contributed by atoms with Gasteiger partial charge in [0.1, 0.15) is 0 Å². The number of hydrogen-bond donors (Lipinski definition) is 1. The molecule has 4 fully saturated rings. The van der Waals surface area contributed by atoms with Crippen molar-refractivity contribution >= 4 is 40.6 Å². The molecule has 3 aliphatic carbocycles. The average Bonchev–Trinajstić information content (AvgIpc) is 3.47. The van der Waals surface area contributed by atoms with Gasteiger partial charge in [0.2, 0.25) is 5.91 Å². The highest BCUT2D eigenvalue weighted by molar-refractivity contribution is 6.47. The predicted molar refractivity (Wildman–Crippen MR) is 171 cm³/mol. The fraction of sp³-hybridized carbons (Fsp3) is 0.629. The third kappa shape index (κ3) is 5.43. The zero-order valence-electron chi connectivity index (χ0n) is 26.9. The van der Waals surface area contributed by atoms with Gasteiger partial charge in [0.25, 0.3) is 0 Å². The Labute approximate surface area is 256 Å². The molecule has 230 valence electrons. The Morgan fingerprint density at radius 3 is 2.47 bits per heavy atom. The number of fused-ring (bicyclic) bond motifs is 3. The highest BCUT2D eigenvalue weighted by atomic mass is 16.7. The van der Waals surface area contributed by atoms with E-state index in [0.29, 0.717) is 24.2 Å². The zero-order chi connectivity index (χ0) is 30.7. The minimum Gasteiger partial charge on any atom is -0.404 e. The number of nitrogens with zero attached hydrogens (tertiary/aromatic N) is 2. The monoisotopic (exact) mass is 585 g/mol. The summed E-state index contributed by atoms with van der Waals surface area (Å²) >= 11 is 0. The first-order valence-electron chi connectivity index (χ1n) is 16.3. The number of carbonyl (C=O) groups is 2. The molecule has 0 spiro atoms. The highest BCUT2D eigenvalue weighted by Gasteiger charge is 2.68. The molecule has 1 saturated heterocycles. The van der Waals surface area contributed by atoms with Crippen LogP contribution in [0.3, 0.4) is 0 Å². The molecule has 1 N–H and O–H groups in total. The number of benzene rings is 1. The summed E-state index contributed by atoms with van der Waals surface area (Å²) < 4.78 is 15.4. The summed E-state index contributed by atoms with van der Waals surface area (Å²) in [5, 5.41) is 5.52. The van der Waals surface area contributed by atoms with Gasteiger partial charge in [0, 0.05) is 34.8 Å². The van der Waals surface area contributed by atoms with E-state index < -0.39 is 13.0 Å². The quantitative estimate of drug-likeness (QED) is 0.256. The van der Waals surface area contributed by atoms with Gasteiger partial charge in [0.15, 0.2) is 5.78 Å². The highest BCUT2D eigenvalue weighted by Crippen LogP contribution is 2.65. The molecule has 43 heavy (non-hydrogen) atoms. The van der Waals surface area contributed by atoms with E-state index in [0.717, 1.165) is 34.6 Å². The summed E-state index contributed by atoms with van der Waals surface area (Å²) in [6.45, 7) is 15.7. The minimum absolute atomic E-state index is 0.0432. The van der Waals surface area contributed by atoms with Gasteiger partial charge in [-0.15, -0.1) is 0 Å². The lowest BCUT2D eigenvalue weighted by Gasteiger charge is -2.64. The van der Waals surface area contributed by atoms with Crippen LogP contribution in [0, 0.1) is 35.0 Å². The molecule has 3 aromatic rings.